The predicted octanol–water partition coefficient (Wildman–Crippen LogP) is 5.22. The van der Waals surface area contributed by atoms with Crippen LogP contribution in [0.25, 0.3) is 0 Å². The summed E-state index contributed by atoms with van der Waals surface area (Å²) in [6.07, 6.45) is 3.00. The molecular formula is C24H27N3O3. The van der Waals surface area contributed by atoms with Crippen LogP contribution >= 0.6 is 0 Å². The second-order valence-corrected chi connectivity index (χ2v) is 7.08. The molecule has 30 heavy (non-hydrogen) atoms. The van der Waals surface area contributed by atoms with Crippen LogP contribution in [0, 0.1) is 11.3 Å². The van der Waals surface area contributed by atoms with Gasteiger partial charge in [0.1, 0.15) is 11.6 Å². The smallest absolute Gasteiger partial charge is 0.340 e. The molecule has 156 valence electrons. The highest BCUT2D eigenvalue weighted by molar-refractivity contribution is 6.07. The number of nitrogens with one attached hydrogen (secondary N) is 2. The molecule has 0 spiro atoms. The number of nitrogens with zero attached hydrogens (tertiary/aromatic N) is 1. The van der Waals surface area contributed by atoms with Gasteiger partial charge in [0.05, 0.1) is 17.9 Å². The quantitative estimate of drug-likeness (QED) is 0.258. The summed E-state index contributed by atoms with van der Waals surface area (Å²) in [6.45, 7) is 6.54. The summed E-state index contributed by atoms with van der Waals surface area (Å²) in [7, 11) is 0. The molecule has 0 bridgehead atoms. The highest BCUT2D eigenvalue weighted by Gasteiger charge is 2.13. The number of hydrogen-bond donors (Lipinski definition) is 2. The standard InChI is InChI=1S/C24H27N3O3/c1-4-5-14-30-24(29)21-8-6-7-9-22(21)26-16-19(15-25)23(28)27-20-12-10-18(11-13-20)17(2)3/h6-13,16-17,26H,4-5,14H2,1-3H3,(H,27,28)/b19-16-. The zero-order valence-corrected chi connectivity index (χ0v) is 17.6. The van der Waals surface area contributed by atoms with Gasteiger partial charge in [-0.05, 0) is 42.2 Å². The van der Waals surface area contributed by atoms with Crippen LogP contribution < -0.4 is 10.6 Å². The summed E-state index contributed by atoms with van der Waals surface area (Å²) in [6, 6.07) is 16.2. The van der Waals surface area contributed by atoms with Crippen molar-refractivity contribution >= 4 is 23.3 Å². The molecule has 6 heteroatoms. The molecule has 2 aromatic carbocycles. The van der Waals surface area contributed by atoms with Crippen molar-refractivity contribution in [2.45, 2.75) is 39.5 Å². The summed E-state index contributed by atoms with van der Waals surface area (Å²) in [4.78, 5) is 24.7. The molecule has 0 radical (unpaired) electrons. The van der Waals surface area contributed by atoms with Gasteiger partial charge in [-0.3, -0.25) is 4.79 Å². The van der Waals surface area contributed by atoms with Gasteiger partial charge in [0.25, 0.3) is 5.91 Å². The number of unbranched alkanes of at least 4 members (excludes halogenated alkanes) is 1. The summed E-state index contributed by atoms with van der Waals surface area (Å²) in [5.74, 6) is -0.597. The first kappa shape index (κ1) is 22.7. The Balaban J connectivity index is 2.09. The van der Waals surface area contributed by atoms with Gasteiger partial charge in [0, 0.05) is 11.9 Å². The van der Waals surface area contributed by atoms with E-state index in [1.54, 1.807) is 36.4 Å². The van der Waals surface area contributed by atoms with Crippen molar-refractivity contribution in [3.8, 4) is 6.07 Å². The lowest BCUT2D eigenvalue weighted by Crippen LogP contribution is -2.15. The first-order valence-electron chi connectivity index (χ1n) is 10.0. The van der Waals surface area contributed by atoms with Crippen LogP contribution in [0.3, 0.4) is 0 Å². The summed E-state index contributed by atoms with van der Waals surface area (Å²) >= 11 is 0. The van der Waals surface area contributed by atoms with Gasteiger partial charge in [-0.1, -0.05) is 51.5 Å². The average molecular weight is 405 g/mol. The number of carbonyl (C=O) groups excluding carboxylic acids is 2. The van der Waals surface area contributed by atoms with Gasteiger partial charge in [0.2, 0.25) is 0 Å². The van der Waals surface area contributed by atoms with E-state index in [2.05, 4.69) is 24.5 Å². The molecule has 1 amide bonds. The minimum absolute atomic E-state index is 0.114. The molecule has 0 aliphatic carbocycles. The molecule has 2 N–H and O–H groups in total. The van der Waals surface area contributed by atoms with E-state index in [9.17, 15) is 14.9 Å². The molecule has 0 aliphatic rings. The Bertz CT molecular complexity index is 941. The molecule has 0 heterocycles. The molecule has 6 nitrogen and oxygen atoms in total. The third-order valence-electron chi connectivity index (χ3n) is 4.45. The van der Waals surface area contributed by atoms with Crippen molar-refractivity contribution in [3.63, 3.8) is 0 Å². The van der Waals surface area contributed by atoms with Crippen molar-refractivity contribution in [1.82, 2.24) is 0 Å². The van der Waals surface area contributed by atoms with E-state index in [1.165, 1.54) is 6.20 Å². The SMILES string of the molecule is CCCCOC(=O)c1ccccc1N/C=C(/C#N)C(=O)Nc1ccc(C(C)C)cc1. The molecule has 0 aromatic heterocycles. The van der Waals surface area contributed by atoms with Gasteiger partial charge in [-0.2, -0.15) is 5.26 Å². The van der Waals surface area contributed by atoms with Crippen LogP contribution in [-0.2, 0) is 9.53 Å². The van der Waals surface area contributed by atoms with Gasteiger partial charge < -0.3 is 15.4 Å². The Labute approximate surface area is 177 Å². The first-order chi connectivity index (χ1) is 14.5. The molecule has 0 saturated heterocycles. The Hall–Kier alpha value is -3.59. The average Bonchev–Trinajstić information content (AvgIpc) is 2.75. The molecule has 0 saturated carbocycles. The minimum atomic E-state index is -0.537. The second kappa shape index (κ2) is 11.4. The van der Waals surface area contributed by atoms with Gasteiger partial charge in [-0.15, -0.1) is 0 Å². The monoisotopic (exact) mass is 405 g/mol. The fourth-order valence-corrected chi connectivity index (χ4v) is 2.62. The zero-order valence-electron chi connectivity index (χ0n) is 17.6. The number of benzene rings is 2. The minimum Gasteiger partial charge on any atom is -0.462 e. The lowest BCUT2D eigenvalue weighted by molar-refractivity contribution is -0.112. The van der Waals surface area contributed by atoms with E-state index in [0.29, 0.717) is 29.5 Å². The maximum atomic E-state index is 12.4. The summed E-state index contributed by atoms with van der Waals surface area (Å²) < 4.78 is 5.25. The zero-order chi connectivity index (χ0) is 21.9. The van der Waals surface area contributed by atoms with Crippen LogP contribution in [0.2, 0.25) is 0 Å². The van der Waals surface area contributed by atoms with Crippen molar-refractivity contribution in [3.05, 3.63) is 71.4 Å². The molecular weight excluding hydrogens is 378 g/mol. The fourth-order valence-electron chi connectivity index (χ4n) is 2.62. The Morgan fingerprint density at radius 2 is 1.83 bits per heavy atom. The Morgan fingerprint density at radius 1 is 1.13 bits per heavy atom. The van der Waals surface area contributed by atoms with Crippen LogP contribution in [0.4, 0.5) is 11.4 Å². The number of hydrogen-bond acceptors (Lipinski definition) is 5. The van der Waals surface area contributed by atoms with Gasteiger partial charge in [0.15, 0.2) is 0 Å². The Kier molecular flexibility index (Phi) is 8.64. The van der Waals surface area contributed by atoms with E-state index in [-0.39, 0.29) is 5.57 Å². The number of carbonyl (C=O) groups is 2. The number of ether oxygens (including phenoxy) is 1. The maximum Gasteiger partial charge on any atom is 0.340 e. The van der Waals surface area contributed by atoms with E-state index in [4.69, 9.17) is 4.74 Å². The Morgan fingerprint density at radius 3 is 2.47 bits per heavy atom. The number of nitriles is 1. The number of anilines is 2. The van der Waals surface area contributed by atoms with E-state index >= 15 is 0 Å². The van der Waals surface area contributed by atoms with E-state index < -0.39 is 11.9 Å². The molecule has 0 atom stereocenters. The van der Waals surface area contributed by atoms with Crippen LogP contribution in [0.15, 0.2) is 60.3 Å². The largest absolute Gasteiger partial charge is 0.462 e. The van der Waals surface area contributed by atoms with Crippen molar-refractivity contribution in [2.24, 2.45) is 0 Å². The third kappa shape index (κ3) is 6.49. The highest BCUT2D eigenvalue weighted by Crippen LogP contribution is 2.19. The van der Waals surface area contributed by atoms with E-state index in [0.717, 1.165) is 18.4 Å². The number of para-hydroxylation sites is 1. The van der Waals surface area contributed by atoms with Crippen molar-refractivity contribution in [2.75, 3.05) is 17.2 Å². The topological polar surface area (TPSA) is 91.2 Å². The number of rotatable bonds is 9. The predicted molar refractivity (Wildman–Crippen MR) is 118 cm³/mol. The van der Waals surface area contributed by atoms with Gasteiger partial charge >= 0.3 is 5.97 Å². The molecule has 2 rings (SSSR count). The first-order valence-corrected chi connectivity index (χ1v) is 10.0. The molecule has 0 unspecified atom stereocenters. The maximum absolute atomic E-state index is 12.4. The molecule has 0 aliphatic heterocycles. The third-order valence-corrected chi connectivity index (χ3v) is 4.45. The highest BCUT2D eigenvalue weighted by atomic mass is 16.5. The molecule has 0 fully saturated rings. The fraction of sp³-hybridized carbons (Fsp3) is 0.292. The lowest BCUT2D eigenvalue weighted by atomic mass is 10.0. The summed E-state index contributed by atoms with van der Waals surface area (Å²) in [5, 5.41) is 15.0. The van der Waals surface area contributed by atoms with Crippen molar-refractivity contribution < 1.29 is 14.3 Å². The van der Waals surface area contributed by atoms with Crippen molar-refractivity contribution in [1.29, 1.82) is 5.26 Å². The summed E-state index contributed by atoms with van der Waals surface area (Å²) in [5.41, 5.74) is 2.45. The van der Waals surface area contributed by atoms with E-state index in [1.807, 2.05) is 25.1 Å². The van der Waals surface area contributed by atoms with Crippen LogP contribution in [0.5, 0.6) is 0 Å². The normalized spacial score (nSPS) is 11.0. The number of amides is 1. The van der Waals surface area contributed by atoms with Crippen LogP contribution in [-0.4, -0.2) is 18.5 Å². The second-order valence-electron chi connectivity index (χ2n) is 7.08. The molecule has 2 aromatic rings. The van der Waals surface area contributed by atoms with Gasteiger partial charge in [-0.25, -0.2) is 4.79 Å². The number of esters is 1. The lowest BCUT2D eigenvalue weighted by Gasteiger charge is -2.10. The van der Waals surface area contributed by atoms with Crippen LogP contribution in [0.1, 0.15) is 55.5 Å².